The van der Waals surface area contributed by atoms with Crippen molar-refractivity contribution < 1.29 is 8.42 Å². The van der Waals surface area contributed by atoms with Crippen molar-refractivity contribution in [2.45, 2.75) is 56.9 Å². The Bertz CT molecular complexity index is 988. The molecule has 0 amide bonds. The summed E-state index contributed by atoms with van der Waals surface area (Å²) in [6.45, 7) is 4.43. The average Bonchev–Trinajstić information content (AvgIpc) is 3.04. The van der Waals surface area contributed by atoms with Gasteiger partial charge in [-0.25, -0.2) is 13.1 Å². The summed E-state index contributed by atoms with van der Waals surface area (Å²) >= 11 is 7.73. The Balaban J connectivity index is 1.99. The zero-order valence-corrected chi connectivity index (χ0v) is 18.9. The number of nitrogens with zero attached hydrogens (tertiary/aromatic N) is 4. The zero-order chi connectivity index (χ0) is 20.3. The van der Waals surface area contributed by atoms with E-state index in [9.17, 15) is 8.42 Å². The van der Waals surface area contributed by atoms with Crippen LogP contribution in [0, 0.1) is 0 Å². The van der Waals surface area contributed by atoms with Crippen molar-refractivity contribution in [2.24, 2.45) is 12.0 Å². The summed E-state index contributed by atoms with van der Waals surface area (Å²) in [5.74, 6) is 0. The Morgan fingerprint density at radius 1 is 1.25 bits per heavy atom. The van der Waals surface area contributed by atoms with E-state index in [-0.39, 0.29) is 9.92 Å². The monoisotopic (exact) mass is 442 g/mol. The van der Waals surface area contributed by atoms with Gasteiger partial charge in [-0.15, -0.1) is 0 Å². The number of sulfonamides is 1. The third-order valence-corrected chi connectivity index (χ3v) is 8.67. The second-order valence-electron chi connectivity index (χ2n) is 6.97. The molecule has 0 unspecified atom stereocenters. The average molecular weight is 443 g/mol. The van der Waals surface area contributed by atoms with Crippen molar-refractivity contribution in [1.29, 1.82) is 0 Å². The lowest BCUT2D eigenvalue weighted by atomic mass is 9.96. The van der Waals surface area contributed by atoms with Gasteiger partial charge in [-0.05, 0) is 25.0 Å². The largest absolute Gasteiger partial charge is 0.254 e. The first kappa shape index (κ1) is 21.5. The molecule has 0 saturated heterocycles. The molecule has 1 aliphatic carbocycles. The normalized spacial score (nSPS) is 16.8. The highest BCUT2D eigenvalue weighted by atomic mass is 35.5. The van der Waals surface area contributed by atoms with Crippen LogP contribution in [0.15, 0.2) is 28.1 Å². The molecule has 1 saturated carbocycles. The molecule has 1 heterocycles. The van der Waals surface area contributed by atoms with E-state index < -0.39 is 10.0 Å². The van der Waals surface area contributed by atoms with Crippen LogP contribution in [-0.4, -0.2) is 41.6 Å². The summed E-state index contributed by atoms with van der Waals surface area (Å²) in [5, 5.41) is 5.54. The maximum Gasteiger partial charge on any atom is 0.244 e. The van der Waals surface area contributed by atoms with Crippen LogP contribution in [0.25, 0.3) is 10.6 Å². The smallest absolute Gasteiger partial charge is 0.244 e. The molecule has 0 bridgehead atoms. The fourth-order valence-electron chi connectivity index (χ4n) is 3.48. The molecule has 1 aliphatic rings. The Morgan fingerprint density at radius 3 is 2.57 bits per heavy atom. The van der Waals surface area contributed by atoms with Crippen molar-refractivity contribution >= 4 is 33.0 Å². The van der Waals surface area contributed by atoms with Gasteiger partial charge in [-0.3, -0.25) is 4.99 Å². The van der Waals surface area contributed by atoms with Crippen LogP contribution < -0.4 is 4.80 Å². The Morgan fingerprint density at radius 2 is 1.93 bits per heavy atom. The minimum atomic E-state index is -3.64. The van der Waals surface area contributed by atoms with Gasteiger partial charge in [0.2, 0.25) is 14.8 Å². The van der Waals surface area contributed by atoms with E-state index in [4.69, 9.17) is 16.6 Å². The van der Waals surface area contributed by atoms with Crippen LogP contribution in [0.2, 0.25) is 5.02 Å². The van der Waals surface area contributed by atoms with E-state index in [0.29, 0.717) is 19.1 Å². The van der Waals surface area contributed by atoms with Crippen LogP contribution in [0.3, 0.4) is 0 Å². The van der Waals surface area contributed by atoms with Crippen molar-refractivity contribution in [3.8, 4) is 10.6 Å². The fourth-order valence-corrected chi connectivity index (χ4v) is 6.40. The second kappa shape index (κ2) is 9.07. The number of aryl methyl sites for hydroxylation is 1. The molecule has 3 rings (SSSR count). The molecule has 0 radical (unpaired) electrons. The Hall–Kier alpha value is -1.22. The third-order valence-electron chi connectivity index (χ3n) is 5.07. The molecule has 154 valence electrons. The van der Waals surface area contributed by atoms with E-state index in [0.717, 1.165) is 28.2 Å². The van der Waals surface area contributed by atoms with Crippen LogP contribution in [0.1, 0.15) is 46.0 Å². The molecule has 0 N–H and O–H groups in total. The topological polar surface area (TPSA) is 67.6 Å². The van der Waals surface area contributed by atoms with Crippen LogP contribution >= 0.6 is 22.9 Å². The quantitative estimate of drug-likeness (QED) is 0.677. The molecule has 9 heteroatoms. The minimum Gasteiger partial charge on any atom is -0.254 e. The second-order valence-corrected chi connectivity index (χ2v) is 10.2. The first-order chi connectivity index (χ1) is 13.4. The lowest BCUT2D eigenvalue weighted by Crippen LogP contribution is -2.30. The van der Waals surface area contributed by atoms with Gasteiger partial charge in [0.15, 0.2) is 0 Å². The van der Waals surface area contributed by atoms with E-state index >= 15 is 0 Å². The standard InChI is InChI=1S/C19H27ClN4O2S2/c1-4-24(5-2)28(25,26)17-13-14(11-12-16(17)20)18-22-23(3)19(27-18)21-15-9-7-6-8-10-15/h11-13,15H,4-10H2,1-3H3. The van der Waals surface area contributed by atoms with Gasteiger partial charge in [0.05, 0.1) is 11.1 Å². The molecule has 0 aliphatic heterocycles. The van der Waals surface area contributed by atoms with Crippen molar-refractivity contribution in [2.75, 3.05) is 13.1 Å². The van der Waals surface area contributed by atoms with Gasteiger partial charge in [0, 0.05) is 25.7 Å². The lowest BCUT2D eigenvalue weighted by molar-refractivity contribution is 0.434. The molecule has 28 heavy (non-hydrogen) atoms. The summed E-state index contributed by atoms with van der Waals surface area (Å²) in [6.07, 6.45) is 6.00. The first-order valence-electron chi connectivity index (χ1n) is 9.74. The highest BCUT2D eigenvalue weighted by molar-refractivity contribution is 7.89. The number of rotatable bonds is 6. The van der Waals surface area contributed by atoms with Crippen molar-refractivity contribution in [3.05, 3.63) is 28.0 Å². The van der Waals surface area contributed by atoms with Crippen molar-refractivity contribution in [1.82, 2.24) is 14.1 Å². The molecule has 1 aromatic heterocycles. The summed E-state index contributed by atoms with van der Waals surface area (Å²) in [7, 11) is -1.76. The summed E-state index contributed by atoms with van der Waals surface area (Å²) in [4.78, 5) is 5.86. The number of halogens is 1. The maximum absolute atomic E-state index is 12.9. The van der Waals surface area contributed by atoms with Crippen molar-refractivity contribution in [3.63, 3.8) is 0 Å². The number of benzene rings is 1. The number of aromatic nitrogens is 2. The predicted octanol–water partition coefficient (Wildman–Crippen LogP) is 4.07. The first-order valence-corrected chi connectivity index (χ1v) is 12.4. The zero-order valence-electron chi connectivity index (χ0n) is 16.6. The van der Waals surface area contributed by atoms with Gasteiger partial charge < -0.3 is 0 Å². The van der Waals surface area contributed by atoms with Gasteiger partial charge in [-0.2, -0.15) is 9.40 Å². The van der Waals surface area contributed by atoms with Crippen LogP contribution in [0.4, 0.5) is 0 Å². The Labute approximate surface area is 175 Å². The number of hydrogen-bond acceptors (Lipinski definition) is 5. The molecular formula is C19H27ClN4O2S2. The lowest BCUT2D eigenvalue weighted by Gasteiger charge is -2.19. The molecule has 6 nitrogen and oxygen atoms in total. The van der Waals surface area contributed by atoms with E-state index in [1.54, 1.807) is 16.8 Å². The third kappa shape index (κ3) is 4.50. The molecule has 0 spiro atoms. The van der Waals surface area contributed by atoms with E-state index in [2.05, 4.69) is 5.10 Å². The molecule has 1 aromatic carbocycles. The van der Waals surface area contributed by atoms with Gasteiger partial charge in [-0.1, -0.05) is 62.1 Å². The van der Waals surface area contributed by atoms with Crippen LogP contribution in [-0.2, 0) is 17.1 Å². The maximum atomic E-state index is 12.9. The number of hydrogen-bond donors (Lipinski definition) is 0. The highest BCUT2D eigenvalue weighted by Crippen LogP contribution is 2.30. The summed E-state index contributed by atoms with van der Waals surface area (Å²) < 4.78 is 29.1. The van der Waals surface area contributed by atoms with E-state index in [1.165, 1.54) is 34.9 Å². The van der Waals surface area contributed by atoms with Gasteiger partial charge in [0.1, 0.15) is 9.90 Å². The van der Waals surface area contributed by atoms with Gasteiger partial charge in [0.25, 0.3) is 0 Å². The summed E-state index contributed by atoms with van der Waals surface area (Å²) in [5.41, 5.74) is 0.737. The minimum absolute atomic E-state index is 0.124. The van der Waals surface area contributed by atoms with Gasteiger partial charge >= 0.3 is 0 Å². The molecular weight excluding hydrogens is 416 g/mol. The van der Waals surface area contributed by atoms with E-state index in [1.807, 2.05) is 27.0 Å². The SMILES string of the molecule is CCN(CC)S(=O)(=O)c1cc(-c2nn(C)c(=NC3CCCCC3)s2)ccc1Cl. The molecule has 2 aromatic rings. The Kier molecular flexibility index (Phi) is 6.96. The van der Waals surface area contributed by atoms with Crippen LogP contribution in [0.5, 0.6) is 0 Å². The molecule has 1 fully saturated rings. The summed E-state index contributed by atoms with van der Waals surface area (Å²) in [6, 6.07) is 5.43. The molecule has 0 atom stereocenters. The predicted molar refractivity (Wildman–Crippen MR) is 114 cm³/mol. The fraction of sp³-hybridized carbons (Fsp3) is 0.579. The highest BCUT2D eigenvalue weighted by Gasteiger charge is 2.25.